The van der Waals surface area contributed by atoms with Gasteiger partial charge in [-0.05, 0) is 34.2 Å². The highest BCUT2D eigenvalue weighted by Crippen LogP contribution is 2.29. The molecule has 18 heavy (non-hydrogen) atoms. The summed E-state index contributed by atoms with van der Waals surface area (Å²) in [4.78, 5) is 3.88. The smallest absolute Gasteiger partial charge is 0.243 e. The van der Waals surface area contributed by atoms with Crippen molar-refractivity contribution >= 4 is 37.7 Å². The average molecular weight is 348 g/mol. The number of aromatic nitrogens is 1. The molecule has 1 aromatic rings. The van der Waals surface area contributed by atoms with Gasteiger partial charge in [0, 0.05) is 22.6 Å². The summed E-state index contributed by atoms with van der Waals surface area (Å²) in [5.41, 5.74) is -0.994. The second-order valence-corrected chi connectivity index (χ2v) is 7.64. The zero-order chi connectivity index (χ0) is 13.2. The van der Waals surface area contributed by atoms with Crippen molar-refractivity contribution in [1.82, 2.24) is 9.71 Å². The highest BCUT2D eigenvalue weighted by Gasteiger charge is 2.38. The van der Waals surface area contributed by atoms with Crippen LogP contribution in [0.25, 0.3) is 0 Å². The number of thioether (sulfide) groups is 1. The van der Waals surface area contributed by atoms with Gasteiger partial charge in [0.25, 0.3) is 0 Å². The van der Waals surface area contributed by atoms with Gasteiger partial charge in [-0.2, -0.15) is 21.7 Å². The molecule has 1 N–H and O–H groups in total. The van der Waals surface area contributed by atoms with Gasteiger partial charge in [0.2, 0.25) is 10.0 Å². The third-order valence-electron chi connectivity index (χ3n) is 2.56. The van der Waals surface area contributed by atoms with Gasteiger partial charge in [-0.3, -0.25) is 4.98 Å². The molecule has 0 aliphatic carbocycles. The van der Waals surface area contributed by atoms with E-state index in [4.69, 9.17) is 5.26 Å². The predicted molar refractivity (Wildman–Crippen MR) is 72.5 cm³/mol. The van der Waals surface area contributed by atoms with Gasteiger partial charge in [0.15, 0.2) is 0 Å². The van der Waals surface area contributed by atoms with E-state index in [0.717, 1.165) is 5.75 Å². The molecule has 1 saturated heterocycles. The second-order valence-electron chi connectivity index (χ2n) is 3.94. The molecule has 1 atom stereocenters. The first-order valence-electron chi connectivity index (χ1n) is 5.11. The minimum Gasteiger partial charge on any atom is -0.262 e. The van der Waals surface area contributed by atoms with Gasteiger partial charge in [-0.25, -0.2) is 8.42 Å². The molecular formula is C10H10BrN3O2S2. The Morgan fingerprint density at radius 2 is 2.33 bits per heavy atom. The maximum absolute atomic E-state index is 12.2. The highest BCUT2D eigenvalue weighted by atomic mass is 79.9. The van der Waals surface area contributed by atoms with Crippen LogP contribution < -0.4 is 4.72 Å². The molecule has 1 aliphatic rings. The maximum atomic E-state index is 12.2. The zero-order valence-electron chi connectivity index (χ0n) is 9.26. The number of nitrogens with zero attached hydrogens (tertiary/aromatic N) is 2. The van der Waals surface area contributed by atoms with Crippen molar-refractivity contribution < 1.29 is 8.42 Å². The number of nitriles is 1. The van der Waals surface area contributed by atoms with Crippen molar-refractivity contribution in [2.45, 2.75) is 16.9 Å². The lowest BCUT2D eigenvalue weighted by atomic mass is 10.0. The Kier molecular flexibility index (Phi) is 3.96. The van der Waals surface area contributed by atoms with E-state index in [-0.39, 0.29) is 4.90 Å². The van der Waals surface area contributed by atoms with Crippen molar-refractivity contribution in [2.75, 3.05) is 11.5 Å². The Hall–Kier alpha value is -0.620. The van der Waals surface area contributed by atoms with Crippen LogP contribution in [0, 0.1) is 11.3 Å². The Morgan fingerprint density at radius 1 is 1.56 bits per heavy atom. The lowest BCUT2D eigenvalue weighted by Crippen LogP contribution is -2.47. The molecule has 0 unspecified atom stereocenters. The molecule has 0 aromatic carbocycles. The second kappa shape index (κ2) is 5.17. The van der Waals surface area contributed by atoms with Crippen molar-refractivity contribution in [3.63, 3.8) is 0 Å². The molecule has 8 heteroatoms. The molecule has 0 spiro atoms. The zero-order valence-corrected chi connectivity index (χ0v) is 12.5. The fraction of sp³-hybridized carbons (Fsp3) is 0.400. The predicted octanol–water partition coefficient (Wildman–Crippen LogP) is 1.52. The molecule has 0 saturated carbocycles. The Labute approximate surface area is 118 Å². The monoisotopic (exact) mass is 347 g/mol. The van der Waals surface area contributed by atoms with Crippen LogP contribution in [0.2, 0.25) is 0 Å². The van der Waals surface area contributed by atoms with Crippen LogP contribution in [0.4, 0.5) is 0 Å². The van der Waals surface area contributed by atoms with Crippen LogP contribution >= 0.6 is 27.7 Å². The standard InChI is InChI=1S/C10H10BrN3O2S2/c11-8-3-9(5-13-4-8)18(15,16)14-10(6-12)1-2-17-7-10/h3-5,14H,1-2,7H2/t10-/m1/s1. The van der Waals surface area contributed by atoms with E-state index in [9.17, 15) is 8.42 Å². The number of hydrogen-bond donors (Lipinski definition) is 1. The largest absolute Gasteiger partial charge is 0.262 e. The number of nitrogens with one attached hydrogen (secondary N) is 1. The molecule has 1 aliphatic heterocycles. The first-order chi connectivity index (χ1) is 8.47. The molecule has 0 bridgehead atoms. The normalized spacial score (nSPS) is 23.8. The van der Waals surface area contributed by atoms with Crippen LogP contribution in [0.5, 0.6) is 0 Å². The number of sulfonamides is 1. The summed E-state index contributed by atoms with van der Waals surface area (Å²) in [6.07, 6.45) is 3.29. The van der Waals surface area contributed by atoms with Gasteiger partial charge in [0.05, 0.1) is 6.07 Å². The van der Waals surface area contributed by atoms with Crippen molar-refractivity contribution in [1.29, 1.82) is 5.26 Å². The average Bonchev–Trinajstić information content (AvgIpc) is 2.77. The van der Waals surface area contributed by atoms with E-state index in [1.807, 2.05) is 0 Å². The summed E-state index contributed by atoms with van der Waals surface area (Å²) in [6, 6.07) is 3.54. The number of halogens is 1. The van der Waals surface area contributed by atoms with Crippen LogP contribution in [0.15, 0.2) is 27.8 Å². The molecule has 2 heterocycles. The van der Waals surface area contributed by atoms with E-state index in [0.29, 0.717) is 16.6 Å². The van der Waals surface area contributed by atoms with E-state index >= 15 is 0 Å². The SMILES string of the molecule is N#C[C@]1(NS(=O)(=O)c2cncc(Br)c2)CCSC1. The number of pyridine rings is 1. The van der Waals surface area contributed by atoms with E-state index in [2.05, 4.69) is 31.7 Å². The van der Waals surface area contributed by atoms with Gasteiger partial charge < -0.3 is 0 Å². The van der Waals surface area contributed by atoms with E-state index in [1.165, 1.54) is 18.5 Å². The first kappa shape index (κ1) is 13.8. The molecule has 2 rings (SSSR count). The van der Waals surface area contributed by atoms with Crippen molar-refractivity contribution in [3.05, 3.63) is 22.9 Å². The molecular weight excluding hydrogens is 338 g/mol. The molecule has 1 aromatic heterocycles. The summed E-state index contributed by atoms with van der Waals surface area (Å²) in [6.45, 7) is 0. The van der Waals surface area contributed by atoms with Crippen molar-refractivity contribution in [3.8, 4) is 6.07 Å². The third-order valence-corrected chi connectivity index (χ3v) is 5.68. The van der Waals surface area contributed by atoms with Gasteiger partial charge in [-0.1, -0.05) is 0 Å². The van der Waals surface area contributed by atoms with E-state index in [1.54, 1.807) is 11.8 Å². The van der Waals surface area contributed by atoms with Crippen LogP contribution in [0.3, 0.4) is 0 Å². The minimum absolute atomic E-state index is 0.0587. The summed E-state index contributed by atoms with van der Waals surface area (Å²) >= 11 is 4.74. The van der Waals surface area contributed by atoms with Gasteiger partial charge >= 0.3 is 0 Å². The van der Waals surface area contributed by atoms with Crippen molar-refractivity contribution in [2.24, 2.45) is 0 Å². The van der Waals surface area contributed by atoms with Gasteiger partial charge in [0.1, 0.15) is 10.4 Å². The lowest BCUT2D eigenvalue weighted by molar-refractivity contribution is 0.514. The third kappa shape index (κ3) is 2.85. The number of hydrogen-bond acceptors (Lipinski definition) is 5. The van der Waals surface area contributed by atoms with Crippen LogP contribution in [-0.2, 0) is 10.0 Å². The Bertz CT molecular complexity index is 591. The summed E-state index contributed by atoms with van der Waals surface area (Å²) in [5, 5.41) is 9.17. The van der Waals surface area contributed by atoms with Crippen LogP contribution in [0.1, 0.15) is 6.42 Å². The molecule has 1 fully saturated rings. The topological polar surface area (TPSA) is 82.9 Å². The van der Waals surface area contributed by atoms with E-state index < -0.39 is 15.6 Å². The minimum atomic E-state index is -3.72. The van der Waals surface area contributed by atoms with Crippen LogP contribution in [-0.4, -0.2) is 30.4 Å². The molecule has 0 amide bonds. The van der Waals surface area contributed by atoms with Gasteiger partial charge in [-0.15, -0.1) is 0 Å². The summed E-state index contributed by atoms with van der Waals surface area (Å²) in [7, 11) is -3.72. The quantitative estimate of drug-likeness (QED) is 0.896. The molecule has 0 radical (unpaired) electrons. The first-order valence-corrected chi connectivity index (χ1v) is 8.54. The molecule has 96 valence electrons. The summed E-state index contributed by atoms with van der Waals surface area (Å²) in [5.74, 6) is 1.26. The molecule has 5 nitrogen and oxygen atoms in total. The maximum Gasteiger partial charge on any atom is 0.243 e. The fourth-order valence-electron chi connectivity index (χ4n) is 1.61. The Morgan fingerprint density at radius 3 is 2.89 bits per heavy atom. The number of rotatable bonds is 3. The Balaban J connectivity index is 2.30. The summed E-state index contributed by atoms with van der Waals surface area (Å²) < 4.78 is 27.4. The highest BCUT2D eigenvalue weighted by molar-refractivity contribution is 9.10. The lowest BCUT2D eigenvalue weighted by Gasteiger charge is -2.20. The fourth-order valence-corrected chi connectivity index (χ4v) is 4.82.